The molecule has 0 spiro atoms. The molecule has 1 heterocycles. The van der Waals surface area contributed by atoms with Gasteiger partial charge in [-0.05, 0) is 37.3 Å². The highest BCUT2D eigenvalue weighted by atomic mass is 19.4. The molecular formula is C21H25F3N2O2. The Hall–Kier alpha value is -2.28. The predicted octanol–water partition coefficient (Wildman–Crippen LogP) is 5.00. The first-order valence-electron chi connectivity index (χ1n) is 9.44. The number of amides is 1. The number of hydrazine groups is 1. The van der Waals surface area contributed by atoms with Crippen LogP contribution in [0.5, 0.6) is 5.75 Å². The summed E-state index contributed by atoms with van der Waals surface area (Å²) in [7, 11) is 0. The van der Waals surface area contributed by atoms with Crippen molar-refractivity contribution >= 4 is 16.7 Å². The molecule has 1 atom stereocenters. The zero-order valence-electron chi connectivity index (χ0n) is 16.3. The molecule has 0 aliphatic carbocycles. The Morgan fingerprint density at radius 2 is 1.86 bits per heavy atom. The van der Waals surface area contributed by atoms with Gasteiger partial charge in [-0.25, -0.2) is 5.01 Å². The molecule has 1 unspecified atom stereocenters. The van der Waals surface area contributed by atoms with Crippen molar-refractivity contribution in [1.82, 2.24) is 10.4 Å². The first-order valence-corrected chi connectivity index (χ1v) is 9.44. The number of hydrogen-bond acceptors (Lipinski definition) is 3. The van der Waals surface area contributed by atoms with Crippen LogP contribution in [0.4, 0.5) is 13.2 Å². The van der Waals surface area contributed by atoms with Crippen molar-refractivity contribution in [1.29, 1.82) is 0 Å². The summed E-state index contributed by atoms with van der Waals surface area (Å²) in [6, 6.07) is 8.03. The second-order valence-corrected chi connectivity index (χ2v) is 7.80. The fraction of sp³-hybridized carbons (Fsp3) is 0.476. The van der Waals surface area contributed by atoms with E-state index in [1.165, 1.54) is 6.07 Å². The second-order valence-electron chi connectivity index (χ2n) is 7.80. The number of benzene rings is 2. The number of carbonyl (C=O) groups is 1. The molecule has 7 heteroatoms. The highest BCUT2D eigenvalue weighted by Crippen LogP contribution is 2.44. The number of fused-ring (bicyclic) bond motifs is 1. The van der Waals surface area contributed by atoms with Gasteiger partial charge >= 0.3 is 6.18 Å². The fourth-order valence-corrected chi connectivity index (χ4v) is 3.48. The van der Waals surface area contributed by atoms with Gasteiger partial charge in [0.1, 0.15) is 5.75 Å². The quantitative estimate of drug-likeness (QED) is 0.702. The van der Waals surface area contributed by atoms with Gasteiger partial charge < -0.3 is 4.74 Å². The summed E-state index contributed by atoms with van der Waals surface area (Å²) in [6.07, 6.45) is -2.71. The lowest BCUT2D eigenvalue weighted by Gasteiger charge is -2.31. The van der Waals surface area contributed by atoms with Crippen LogP contribution < -0.4 is 10.2 Å². The van der Waals surface area contributed by atoms with E-state index in [1.807, 2.05) is 6.92 Å². The summed E-state index contributed by atoms with van der Waals surface area (Å²) in [5, 5.41) is 2.11. The van der Waals surface area contributed by atoms with E-state index in [2.05, 4.69) is 5.43 Å². The van der Waals surface area contributed by atoms with Crippen molar-refractivity contribution in [3.8, 4) is 5.75 Å². The number of halogens is 3. The van der Waals surface area contributed by atoms with Gasteiger partial charge in [0.2, 0.25) is 5.91 Å². The minimum atomic E-state index is -4.55. The molecule has 2 aromatic rings. The minimum absolute atomic E-state index is 0.0287. The molecule has 1 aliphatic heterocycles. The van der Waals surface area contributed by atoms with E-state index in [1.54, 1.807) is 44.2 Å². The van der Waals surface area contributed by atoms with Crippen molar-refractivity contribution in [2.75, 3.05) is 13.2 Å². The number of alkyl halides is 3. The molecule has 3 rings (SSSR count). The molecule has 0 radical (unpaired) electrons. The van der Waals surface area contributed by atoms with E-state index in [4.69, 9.17) is 4.74 Å². The van der Waals surface area contributed by atoms with Crippen LogP contribution in [0.25, 0.3) is 10.8 Å². The van der Waals surface area contributed by atoms with Gasteiger partial charge in [0, 0.05) is 11.9 Å². The van der Waals surface area contributed by atoms with E-state index >= 15 is 0 Å². The molecule has 1 N–H and O–H groups in total. The normalized spacial score (nSPS) is 18.3. The van der Waals surface area contributed by atoms with Crippen molar-refractivity contribution in [2.24, 2.45) is 5.41 Å². The van der Waals surface area contributed by atoms with E-state index < -0.39 is 23.5 Å². The van der Waals surface area contributed by atoms with Gasteiger partial charge in [-0.2, -0.15) is 13.2 Å². The Morgan fingerprint density at radius 3 is 2.43 bits per heavy atom. The van der Waals surface area contributed by atoms with E-state index in [9.17, 15) is 18.0 Å². The van der Waals surface area contributed by atoms with E-state index in [0.29, 0.717) is 23.1 Å². The third kappa shape index (κ3) is 3.94. The zero-order valence-corrected chi connectivity index (χ0v) is 16.3. The van der Waals surface area contributed by atoms with Crippen LogP contribution in [-0.2, 0) is 4.79 Å². The van der Waals surface area contributed by atoms with Crippen LogP contribution >= 0.6 is 0 Å². The average Bonchev–Trinajstić information content (AvgIpc) is 2.88. The van der Waals surface area contributed by atoms with Gasteiger partial charge in [-0.1, -0.05) is 43.7 Å². The van der Waals surface area contributed by atoms with Crippen LogP contribution in [0.15, 0.2) is 36.4 Å². The standard InChI is InChI=1S/C21H25F3N2O2/c1-4-5-12-28-17-11-10-16(14-8-6-7-9-15(14)17)18(21(22,23)24)26-13-20(2,3)19(27)25-26/h6-11,18H,4-5,12-13H2,1-3H3,(H,25,27). The summed E-state index contributed by atoms with van der Waals surface area (Å²) in [6.45, 7) is 5.80. The van der Waals surface area contributed by atoms with Gasteiger partial charge in [-0.15, -0.1) is 0 Å². The molecule has 1 fully saturated rings. The van der Waals surface area contributed by atoms with Crippen molar-refractivity contribution in [3.05, 3.63) is 42.0 Å². The number of ether oxygens (including phenoxy) is 1. The Balaban J connectivity index is 2.07. The first-order chi connectivity index (χ1) is 13.1. The largest absolute Gasteiger partial charge is 0.493 e. The lowest BCUT2D eigenvalue weighted by Crippen LogP contribution is -2.43. The van der Waals surface area contributed by atoms with Gasteiger partial charge in [0.15, 0.2) is 6.04 Å². The third-order valence-electron chi connectivity index (χ3n) is 5.02. The maximum Gasteiger partial charge on any atom is 0.409 e. The second kappa shape index (κ2) is 7.62. The first kappa shape index (κ1) is 20.5. The highest BCUT2D eigenvalue weighted by Gasteiger charge is 2.51. The Labute approximate surface area is 162 Å². The molecule has 0 bridgehead atoms. The number of unbranched alkanes of at least 4 members (excludes halogenated alkanes) is 1. The van der Waals surface area contributed by atoms with Gasteiger partial charge in [-0.3, -0.25) is 10.2 Å². The molecule has 0 saturated carbocycles. The number of rotatable bonds is 6. The topological polar surface area (TPSA) is 41.6 Å². The average molecular weight is 394 g/mol. The molecule has 1 amide bonds. The molecule has 152 valence electrons. The van der Waals surface area contributed by atoms with Gasteiger partial charge in [0.05, 0.1) is 12.0 Å². The summed E-state index contributed by atoms with van der Waals surface area (Å²) in [4.78, 5) is 12.1. The van der Waals surface area contributed by atoms with Crippen LogP contribution in [-0.4, -0.2) is 30.2 Å². The fourth-order valence-electron chi connectivity index (χ4n) is 3.48. The number of nitrogens with one attached hydrogen (secondary N) is 1. The zero-order chi connectivity index (χ0) is 20.5. The highest BCUT2D eigenvalue weighted by molar-refractivity contribution is 5.91. The predicted molar refractivity (Wildman–Crippen MR) is 102 cm³/mol. The maximum absolute atomic E-state index is 14.1. The van der Waals surface area contributed by atoms with Crippen LogP contribution in [0.3, 0.4) is 0 Å². The van der Waals surface area contributed by atoms with Crippen LogP contribution in [0.2, 0.25) is 0 Å². The lowest BCUT2D eigenvalue weighted by molar-refractivity contribution is -0.191. The summed E-state index contributed by atoms with van der Waals surface area (Å²) in [5.74, 6) is 0.157. The van der Waals surface area contributed by atoms with Crippen molar-refractivity contribution in [2.45, 2.75) is 45.8 Å². The molecule has 2 aromatic carbocycles. The van der Waals surface area contributed by atoms with E-state index in [-0.39, 0.29) is 12.1 Å². The summed E-state index contributed by atoms with van der Waals surface area (Å²) >= 11 is 0. The van der Waals surface area contributed by atoms with Crippen molar-refractivity contribution in [3.63, 3.8) is 0 Å². The van der Waals surface area contributed by atoms with Crippen molar-refractivity contribution < 1.29 is 22.7 Å². The lowest BCUT2D eigenvalue weighted by atomic mass is 9.93. The summed E-state index contributed by atoms with van der Waals surface area (Å²) < 4.78 is 48.1. The Morgan fingerprint density at radius 1 is 1.18 bits per heavy atom. The van der Waals surface area contributed by atoms with Crippen LogP contribution in [0.1, 0.15) is 45.2 Å². The molecule has 4 nitrogen and oxygen atoms in total. The smallest absolute Gasteiger partial charge is 0.409 e. The molecule has 1 saturated heterocycles. The number of carbonyl (C=O) groups excluding carboxylic acids is 1. The number of nitrogens with zero attached hydrogens (tertiary/aromatic N) is 1. The van der Waals surface area contributed by atoms with Crippen LogP contribution in [0, 0.1) is 5.41 Å². The third-order valence-corrected chi connectivity index (χ3v) is 5.02. The molecule has 0 aromatic heterocycles. The minimum Gasteiger partial charge on any atom is -0.493 e. The Bertz CT molecular complexity index is 864. The maximum atomic E-state index is 14.1. The molecule has 28 heavy (non-hydrogen) atoms. The monoisotopic (exact) mass is 394 g/mol. The van der Waals surface area contributed by atoms with Gasteiger partial charge in [0.25, 0.3) is 0 Å². The summed E-state index contributed by atoms with van der Waals surface area (Å²) in [5.41, 5.74) is 1.63. The molecular weight excluding hydrogens is 369 g/mol. The Kier molecular flexibility index (Phi) is 5.57. The number of hydrogen-bond donors (Lipinski definition) is 1. The SMILES string of the molecule is CCCCOc1ccc(C(N2CC(C)(C)C(=O)N2)C(F)(F)F)c2ccccc12. The molecule has 1 aliphatic rings. The van der Waals surface area contributed by atoms with E-state index in [0.717, 1.165) is 17.9 Å².